The highest BCUT2D eigenvalue weighted by Gasteiger charge is 2.05. The molecule has 0 aliphatic rings. The molecule has 2 aromatic rings. The van der Waals surface area contributed by atoms with Gasteiger partial charge in [0.1, 0.15) is 5.75 Å². The molecule has 2 aromatic carbocycles. The lowest BCUT2D eigenvalue weighted by Gasteiger charge is -2.12. The predicted octanol–water partition coefficient (Wildman–Crippen LogP) is 4.25. The predicted molar refractivity (Wildman–Crippen MR) is 85.0 cm³/mol. The van der Waals surface area contributed by atoms with Crippen molar-refractivity contribution in [3.63, 3.8) is 0 Å². The maximum atomic E-state index is 5.59. The van der Waals surface area contributed by atoms with Crippen LogP contribution >= 0.6 is 0 Å². The first-order valence-corrected chi connectivity index (χ1v) is 7.37. The molecule has 0 bridgehead atoms. The zero-order valence-corrected chi connectivity index (χ0v) is 12.4. The summed E-state index contributed by atoms with van der Waals surface area (Å²) in [6.45, 7) is 6.85. The van der Waals surface area contributed by atoms with E-state index in [9.17, 15) is 0 Å². The molecule has 0 heterocycles. The molecule has 0 radical (unpaired) electrons. The Kier molecular flexibility index (Phi) is 5.63. The van der Waals surface area contributed by atoms with E-state index in [2.05, 4.69) is 54.7 Å². The number of hydrogen-bond donors (Lipinski definition) is 1. The summed E-state index contributed by atoms with van der Waals surface area (Å²) in [6, 6.07) is 16.9. The quantitative estimate of drug-likeness (QED) is 0.759. The number of hydrogen-bond acceptors (Lipinski definition) is 2. The molecule has 0 unspecified atom stereocenters. The molecule has 0 aliphatic heterocycles. The molecule has 0 spiro atoms. The van der Waals surface area contributed by atoms with Crippen LogP contribution in [0.25, 0.3) is 11.1 Å². The Morgan fingerprint density at radius 2 is 1.85 bits per heavy atom. The molecule has 0 atom stereocenters. The van der Waals surface area contributed by atoms with Crippen LogP contribution in [0.1, 0.15) is 25.8 Å². The van der Waals surface area contributed by atoms with Gasteiger partial charge in [-0.3, -0.25) is 0 Å². The number of nitrogens with one attached hydrogen (secondary N) is 1. The van der Waals surface area contributed by atoms with Gasteiger partial charge in [0.25, 0.3) is 0 Å². The van der Waals surface area contributed by atoms with Gasteiger partial charge < -0.3 is 10.1 Å². The average Bonchev–Trinajstić information content (AvgIpc) is 2.49. The molecular weight excluding hydrogens is 246 g/mol. The van der Waals surface area contributed by atoms with E-state index in [4.69, 9.17) is 4.74 Å². The molecule has 0 saturated heterocycles. The molecule has 0 aromatic heterocycles. The third-order valence-electron chi connectivity index (χ3n) is 3.22. The van der Waals surface area contributed by atoms with Crippen molar-refractivity contribution in [1.82, 2.24) is 5.32 Å². The summed E-state index contributed by atoms with van der Waals surface area (Å²) in [6.07, 6.45) is 1.15. The van der Waals surface area contributed by atoms with E-state index in [1.165, 1.54) is 16.7 Å². The van der Waals surface area contributed by atoms with Gasteiger partial charge in [-0.2, -0.15) is 0 Å². The summed E-state index contributed by atoms with van der Waals surface area (Å²) in [5.74, 6) is 0.932. The van der Waals surface area contributed by atoms with E-state index in [0.29, 0.717) is 6.61 Å². The smallest absolute Gasteiger partial charge is 0.119 e. The van der Waals surface area contributed by atoms with Gasteiger partial charge in [-0.1, -0.05) is 43.3 Å². The van der Waals surface area contributed by atoms with Crippen molar-refractivity contribution >= 4 is 0 Å². The fourth-order valence-electron chi connectivity index (χ4n) is 2.28. The van der Waals surface area contributed by atoms with Crippen molar-refractivity contribution in [3.8, 4) is 16.9 Å². The SMILES string of the molecule is CCCNCc1ccccc1-c1cccc(OCC)c1. The van der Waals surface area contributed by atoms with Crippen LogP contribution < -0.4 is 10.1 Å². The summed E-state index contributed by atoms with van der Waals surface area (Å²) in [4.78, 5) is 0. The summed E-state index contributed by atoms with van der Waals surface area (Å²) in [7, 11) is 0. The molecule has 0 amide bonds. The van der Waals surface area contributed by atoms with Crippen LogP contribution in [0.15, 0.2) is 48.5 Å². The number of ether oxygens (including phenoxy) is 1. The van der Waals surface area contributed by atoms with Crippen molar-refractivity contribution < 1.29 is 4.74 Å². The topological polar surface area (TPSA) is 21.3 Å². The maximum absolute atomic E-state index is 5.59. The van der Waals surface area contributed by atoms with Crippen LogP contribution in [0.3, 0.4) is 0 Å². The Bertz CT molecular complexity index is 536. The van der Waals surface area contributed by atoms with Gasteiger partial charge in [-0.05, 0) is 48.7 Å². The Balaban J connectivity index is 2.24. The van der Waals surface area contributed by atoms with E-state index < -0.39 is 0 Å². The highest BCUT2D eigenvalue weighted by atomic mass is 16.5. The van der Waals surface area contributed by atoms with Gasteiger partial charge >= 0.3 is 0 Å². The molecule has 2 heteroatoms. The van der Waals surface area contributed by atoms with Gasteiger partial charge in [-0.15, -0.1) is 0 Å². The first-order chi connectivity index (χ1) is 9.85. The van der Waals surface area contributed by atoms with Crippen LogP contribution in [0.5, 0.6) is 5.75 Å². The lowest BCUT2D eigenvalue weighted by atomic mass is 9.99. The van der Waals surface area contributed by atoms with E-state index >= 15 is 0 Å². The van der Waals surface area contributed by atoms with Crippen molar-refractivity contribution in [2.75, 3.05) is 13.2 Å². The van der Waals surface area contributed by atoms with E-state index in [0.717, 1.165) is 25.3 Å². The highest BCUT2D eigenvalue weighted by Crippen LogP contribution is 2.27. The highest BCUT2D eigenvalue weighted by molar-refractivity contribution is 5.68. The molecule has 0 fully saturated rings. The summed E-state index contributed by atoms with van der Waals surface area (Å²) in [5.41, 5.74) is 3.82. The first-order valence-electron chi connectivity index (χ1n) is 7.37. The summed E-state index contributed by atoms with van der Waals surface area (Å²) >= 11 is 0. The summed E-state index contributed by atoms with van der Waals surface area (Å²) in [5, 5.41) is 3.47. The van der Waals surface area contributed by atoms with E-state index in [1.807, 2.05) is 13.0 Å². The maximum Gasteiger partial charge on any atom is 0.119 e. The third kappa shape index (κ3) is 3.84. The minimum atomic E-state index is 0.698. The molecular formula is C18H23NO. The average molecular weight is 269 g/mol. The molecule has 106 valence electrons. The van der Waals surface area contributed by atoms with Gasteiger partial charge in [-0.25, -0.2) is 0 Å². The molecule has 1 N–H and O–H groups in total. The Hall–Kier alpha value is -1.80. The number of rotatable bonds is 7. The second-order valence-corrected chi connectivity index (χ2v) is 4.79. The van der Waals surface area contributed by atoms with Crippen LogP contribution in [-0.2, 0) is 6.54 Å². The zero-order chi connectivity index (χ0) is 14.2. The minimum Gasteiger partial charge on any atom is -0.494 e. The van der Waals surface area contributed by atoms with Crippen molar-refractivity contribution in [1.29, 1.82) is 0 Å². The Morgan fingerprint density at radius 1 is 1.00 bits per heavy atom. The second kappa shape index (κ2) is 7.71. The van der Waals surface area contributed by atoms with Gasteiger partial charge in [0.2, 0.25) is 0 Å². The van der Waals surface area contributed by atoms with Crippen LogP contribution in [0.2, 0.25) is 0 Å². The van der Waals surface area contributed by atoms with Gasteiger partial charge in [0.15, 0.2) is 0 Å². The second-order valence-electron chi connectivity index (χ2n) is 4.79. The van der Waals surface area contributed by atoms with E-state index in [-0.39, 0.29) is 0 Å². The monoisotopic (exact) mass is 269 g/mol. The molecule has 20 heavy (non-hydrogen) atoms. The standard InChI is InChI=1S/C18H23NO/c1-3-12-19-14-16-8-5-6-11-18(16)15-9-7-10-17(13-15)20-4-2/h5-11,13,19H,3-4,12,14H2,1-2H3. The molecule has 2 rings (SSSR count). The van der Waals surface area contributed by atoms with Crippen molar-refractivity contribution in [2.24, 2.45) is 0 Å². The summed E-state index contributed by atoms with van der Waals surface area (Å²) < 4.78 is 5.59. The van der Waals surface area contributed by atoms with Crippen LogP contribution in [0.4, 0.5) is 0 Å². The zero-order valence-electron chi connectivity index (χ0n) is 12.4. The lowest BCUT2D eigenvalue weighted by molar-refractivity contribution is 0.340. The first kappa shape index (κ1) is 14.6. The fraction of sp³-hybridized carbons (Fsp3) is 0.333. The minimum absolute atomic E-state index is 0.698. The lowest BCUT2D eigenvalue weighted by Crippen LogP contribution is -2.14. The van der Waals surface area contributed by atoms with Crippen LogP contribution in [0, 0.1) is 0 Å². The third-order valence-corrected chi connectivity index (χ3v) is 3.22. The van der Waals surface area contributed by atoms with Gasteiger partial charge in [0.05, 0.1) is 6.61 Å². The van der Waals surface area contributed by atoms with E-state index in [1.54, 1.807) is 0 Å². The van der Waals surface area contributed by atoms with Crippen LogP contribution in [-0.4, -0.2) is 13.2 Å². The largest absolute Gasteiger partial charge is 0.494 e. The fourth-order valence-corrected chi connectivity index (χ4v) is 2.28. The number of benzene rings is 2. The normalized spacial score (nSPS) is 10.5. The Labute approximate surface area is 121 Å². The van der Waals surface area contributed by atoms with Crippen molar-refractivity contribution in [2.45, 2.75) is 26.8 Å². The van der Waals surface area contributed by atoms with Gasteiger partial charge in [0, 0.05) is 6.54 Å². The van der Waals surface area contributed by atoms with Crippen molar-refractivity contribution in [3.05, 3.63) is 54.1 Å². The Morgan fingerprint density at radius 3 is 2.65 bits per heavy atom. The molecule has 0 saturated carbocycles. The molecule has 0 aliphatic carbocycles. The molecule has 2 nitrogen and oxygen atoms in total.